The molecule has 0 bridgehead atoms. The first-order valence-electron chi connectivity index (χ1n) is 7.66. The Bertz CT molecular complexity index is 456. The lowest BCUT2D eigenvalue weighted by Gasteiger charge is -2.38. The van der Waals surface area contributed by atoms with Crippen molar-refractivity contribution in [1.29, 1.82) is 0 Å². The molecule has 2 atom stereocenters. The van der Waals surface area contributed by atoms with Crippen molar-refractivity contribution in [3.8, 4) is 0 Å². The molecule has 2 rings (SSSR count). The zero-order valence-corrected chi connectivity index (χ0v) is 12.5. The van der Waals surface area contributed by atoms with Crippen molar-refractivity contribution in [3.63, 3.8) is 0 Å². The highest BCUT2D eigenvalue weighted by atomic mass is 19.1. The predicted octanol–water partition coefficient (Wildman–Crippen LogP) is 2.86. The molecule has 2 N–H and O–H groups in total. The standard InChI is InChI=1S/C16H24F2N2O/c1-2-8-21-13-4-3-7-20(11-13)16(10-19)14-9-12(17)5-6-15(14)18/h5-6,9,13,16H,2-4,7-8,10-11,19H2,1H3. The van der Waals surface area contributed by atoms with Gasteiger partial charge in [0.25, 0.3) is 0 Å². The fraction of sp³-hybridized carbons (Fsp3) is 0.625. The molecule has 1 heterocycles. The summed E-state index contributed by atoms with van der Waals surface area (Å²) in [5.41, 5.74) is 6.17. The van der Waals surface area contributed by atoms with Crippen molar-refractivity contribution in [3.05, 3.63) is 35.4 Å². The number of rotatable bonds is 6. The van der Waals surface area contributed by atoms with Crippen LogP contribution in [-0.2, 0) is 4.74 Å². The molecule has 0 spiro atoms. The molecule has 1 aromatic carbocycles. The van der Waals surface area contributed by atoms with Gasteiger partial charge in [0, 0.05) is 25.3 Å². The lowest BCUT2D eigenvalue weighted by molar-refractivity contribution is -0.0122. The molecule has 1 aromatic rings. The SMILES string of the molecule is CCCOC1CCCN(C(CN)c2cc(F)ccc2F)C1. The molecule has 0 amide bonds. The molecule has 1 saturated heterocycles. The van der Waals surface area contributed by atoms with Gasteiger partial charge in [-0.2, -0.15) is 0 Å². The Labute approximate surface area is 125 Å². The number of likely N-dealkylation sites (tertiary alicyclic amines) is 1. The lowest BCUT2D eigenvalue weighted by atomic mass is 10.00. The molecular weight excluding hydrogens is 274 g/mol. The van der Waals surface area contributed by atoms with Crippen LogP contribution in [0.2, 0.25) is 0 Å². The Morgan fingerprint density at radius 3 is 2.95 bits per heavy atom. The number of hydrogen-bond acceptors (Lipinski definition) is 3. The summed E-state index contributed by atoms with van der Waals surface area (Å²) in [4.78, 5) is 2.11. The number of hydrogen-bond donors (Lipinski definition) is 1. The molecule has 21 heavy (non-hydrogen) atoms. The van der Waals surface area contributed by atoms with Crippen molar-refractivity contribution < 1.29 is 13.5 Å². The summed E-state index contributed by atoms with van der Waals surface area (Å²) in [5, 5.41) is 0. The summed E-state index contributed by atoms with van der Waals surface area (Å²) in [5.74, 6) is -0.830. The summed E-state index contributed by atoms with van der Waals surface area (Å²) < 4.78 is 33.2. The fourth-order valence-corrected chi connectivity index (χ4v) is 2.91. The molecule has 1 aliphatic rings. The Morgan fingerprint density at radius 1 is 1.43 bits per heavy atom. The lowest BCUT2D eigenvalue weighted by Crippen LogP contribution is -2.44. The van der Waals surface area contributed by atoms with E-state index in [0.717, 1.165) is 45.0 Å². The zero-order valence-electron chi connectivity index (χ0n) is 12.5. The van der Waals surface area contributed by atoms with Crippen LogP contribution in [0.1, 0.15) is 37.8 Å². The molecular formula is C16H24F2N2O. The van der Waals surface area contributed by atoms with E-state index < -0.39 is 11.6 Å². The van der Waals surface area contributed by atoms with Crippen molar-refractivity contribution in [2.45, 2.75) is 38.3 Å². The number of benzene rings is 1. The third kappa shape index (κ3) is 4.22. The van der Waals surface area contributed by atoms with Crippen LogP contribution < -0.4 is 5.73 Å². The second-order valence-corrected chi connectivity index (χ2v) is 5.55. The second kappa shape index (κ2) is 7.82. The fourth-order valence-electron chi connectivity index (χ4n) is 2.91. The molecule has 118 valence electrons. The van der Waals surface area contributed by atoms with Gasteiger partial charge in [-0.25, -0.2) is 8.78 Å². The van der Waals surface area contributed by atoms with Gasteiger partial charge in [-0.3, -0.25) is 4.90 Å². The Balaban J connectivity index is 2.11. The summed E-state index contributed by atoms with van der Waals surface area (Å²) in [6.07, 6.45) is 3.14. The van der Waals surface area contributed by atoms with Crippen molar-refractivity contribution in [2.24, 2.45) is 5.73 Å². The van der Waals surface area contributed by atoms with E-state index in [4.69, 9.17) is 10.5 Å². The summed E-state index contributed by atoms with van der Waals surface area (Å²) in [7, 11) is 0. The van der Waals surface area contributed by atoms with Gasteiger partial charge in [-0.15, -0.1) is 0 Å². The van der Waals surface area contributed by atoms with E-state index in [2.05, 4.69) is 11.8 Å². The van der Waals surface area contributed by atoms with Crippen LogP contribution in [0.3, 0.4) is 0 Å². The highest BCUT2D eigenvalue weighted by Gasteiger charge is 2.28. The Kier molecular flexibility index (Phi) is 6.08. The average molecular weight is 298 g/mol. The van der Waals surface area contributed by atoms with Gasteiger partial charge in [0.05, 0.1) is 12.1 Å². The van der Waals surface area contributed by atoms with E-state index in [0.29, 0.717) is 5.56 Å². The minimum absolute atomic E-state index is 0.157. The summed E-state index contributed by atoms with van der Waals surface area (Å²) in [6, 6.07) is 3.26. The van der Waals surface area contributed by atoms with Gasteiger partial charge < -0.3 is 10.5 Å². The highest BCUT2D eigenvalue weighted by Crippen LogP contribution is 2.27. The molecule has 0 radical (unpaired) electrons. The van der Waals surface area contributed by atoms with Gasteiger partial charge in [0.15, 0.2) is 0 Å². The molecule has 1 fully saturated rings. The number of nitrogens with zero attached hydrogens (tertiary/aromatic N) is 1. The number of ether oxygens (including phenoxy) is 1. The molecule has 0 saturated carbocycles. The molecule has 0 aromatic heterocycles. The third-order valence-corrected chi connectivity index (χ3v) is 3.95. The molecule has 1 aliphatic heterocycles. The van der Waals surface area contributed by atoms with Gasteiger partial charge in [-0.05, 0) is 44.0 Å². The van der Waals surface area contributed by atoms with Gasteiger partial charge >= 0.3 is 0 Å². The highest BCUT2D eigenvalue weighted by molar-refractivity contribution is 5.23. The molecule has 3 nitrogen and oxygen atoms in total. The molecule has 0 aliphatic carbocycles. The number of nitrogens with two attached hydrogens (primary N) is 1. The van der Waals surface area contributed by atoms with Gasteiger partial charge in [0.1, 0.15) is 11.6 Å². The minimum Gasteiger partial charge on any atom is -0.377 e. The van der Waals surface area contributed by atoms with Crippen molar-refractivity contribution in [1.82, 2.24) is 4.90 Å². The van der Waals surface area contributed by atoms with Crippen LogP contribution in [0.15, 0.2) is 18.2 Å². The average Bonchev–Trinajstić information content (AvgIpc) is 2.50. The van der Waals surface area contributed by atoms with Gasteiger partial charge in [-0.1, -0.05) is 6.92 Å². The van der Waals surface area contributed by atoms with Crippen molar-refractivity contribution >= 4 is 0 Å². The van der Waals surface area contributed by atoms with Gasteiger partial charge in [0.2, 0.25) is 0 Å². The monoisotopic (exact) mass is 298 g/mol. The maximum Gasteiger partial charge on any atom is 0.128 e. The predicted molar refractivity (Wildman–Crippen MR) is 79.0 cm³/mol. The first-order chi connectivity index (χ1) is 10.2. The normalized spacial score (nSPS) is 21.4. The van der Waals surface area contributed by atoms with E-state index in [1.807, 2.05) is 0 Å². The van der Waals surface area contributed by atoms with Crippen molar-refractivity contribution in [2.75, 3.05) is 26.2 Å². The van der Waals surface area contributed by atoms with E-state index in [1.54, 1.807) is 0 Å². The zero-order chi connectivity index (χ0) is 15.2. The second-order valence-electron chi connectivity index (χ2n) is 5.55. The quantitative estimate of drug-likeness (QED) is 0.877. The Hall–Kier alpha value is -1.04. The van der Waals surface area contributed by atoms with E-state index in [-0.39, 0.29) is 18.7 Å². The molecule has 2 unspecified atom stereocenters. The number of halogens is 2. The first-order valence-corrected chi connectivity index (χ1v) is 7.66. The maximum atomic E-state index is 14.0. The van der Waals surface area contributed by atoms with E-state index in [9.17, 15) is 8.78 Å². The first kappa shape index (κ1) is 16.3. The number of piperidine rings is 1. The van der Waals surface area contributed by atoms with Crippen LogP contribution in [0.4, 0.5) is 8.78 Å². The van der Waals surface area contributed by atoms with Crippen LogP contribution >= 0.6 is 0 Å². The third-order valence-electron chi connectivity index (χ3n) is 3.95. The van der Waals surface area contributed by atoms with E-state index in [1.165, 1.54) is 12.1 Å². The van der Waals surface area contributed by atoms with E-state index >= 15 is 0 Å². The summed E-state index contributed by atoms with van der Waals surface area (Å²) in [6.45, 7) is 4.63. The largest absolute Gasteiger partial charge is 0.377 e. The topological polar surface area (TPSA) is 38.5 Å². The van der Waals surface area contributed by atoms with Crippen LogP contribution in [0.25, 0.3) is 0 Å². The minimum atomic E-state index is -0.430. The molecule has 5 heteroatoms. The smallest absolute Gasteiger partial charge is 0.128 e. The van der Waals surface area contributed by atoms with Crippen LogP contribution in [0.5, 0.6) is 0 Å². The van der Waals surface area contributed by atoms with Crippen LogP contribution in [0, 0.1) is 11.6 Å². The van der Waals surface area contributed by atoms with Crippen LogP contribution in [-0.4, -0.2) is 37.2 Å². The Morgan fingerprint density at radius 2 is 2.24 bits per heavy atom. The summed E-state index contributed by atoms with van der Waals surface area (Å²) >= 11 is 0. The maximum absolute atomic E-state index is 14.0.